The van der Waals surface area contributed by atoms with Crippen molar-refractivity contribution in [2.75, 3.05) is 11.9 Å². The zero-order chi connectivity index (χ0) is 17.1. The Hall–Kier alpha value is -2.95. The van der Waals surface area contributed by atoms with E-state index in [0.29, 0.717) is 28.9 Å². The third-order valence-electron chi connectivity index (χ3n) is 4.00. The third-order valence-corrected chi connectivity index (χ3v) is 4.00. The highest BCUT2D eigenvalue weighted by Crippen LogP contribution is 2.24. The fourth-order valence-electron chi connectivity index (χ4n) is 2.68. The summed E-state index contributed by atoms with van der Waals surface area (Å²) in [5.74, 6) is -0.910. The van der Waals surface area contributed by atoms with Crippen LogP contribution in [0.4, 0.5) is 5.69 Å². The van der Waals surface area contributed by atoms with Crippen molar-refractivity contribution < 1.29 is 14.4 Å². The monoisotopic (exact) mass is 322 g/mol. The number of carbonyl (C=O) groups is 3. The molecule has 3 amide bonds. The Kier molecular flexibility index (Phi) is 4.42. The van der Waals surface area contributed by atoms with Crippen molar-refractivity contribution >= 4 is 23.4 Å². The van der Waals surface area contributed by atoms with E-state index in [1.54, 1.807) is 24.3 Å². The van der Waals surface area contributed by atoms with Gasteiger partial charge >= 0.3 is 0 Å². The largest absolute Gasteiger partial charge is 0.322 e. The summed E-state index contributed by atoms with van der Waals surface area (Å²) in [6.07, 6.45) is 1.67. The van der Waals surface area contributed by atoms with Crippen LogP contribution in [0.2, 0.25) is 0 Å². The number of amides is 3. The molecule has 0 fully saturated rings. The summed E-state index contributed by atoms with van der Waals surface area (Å²) in [4.78, 5) is 38.3. The lowest BCUT2D eigenvalue weighted by Crippen LogP contribution is -2.30. The maximum Gasteiger partial charge on any atom is 0.261 e. The van der Waals surface area contributed by atoms with E-state index >= 15 is 0 Å². The molecule has 5 heteroatoms. The minimum atomic E-state index is -0.321. The maximum absolute atomic E-state index is 12.4. The first-order valence-electron chi connectivity index (χ1n) is 7.98. The first-order chi connectivity index (χ1) is 11.6. The second-order valence-corrected chi connectivity index (χ2v) is 5.70. The molecule has 0 unspecified atom stereocenters. The maximum atomic E-state index is 12.4. The highest BCUT2D eigenvalue weighted by molar-refractivity contribution is 6.22. The van der Waals surface area contributed by atoms with Crippen LogP contribution in [0.5, 0.6) is 0 Å². The predicted octanol–water partition coefficient (Wildman–Crippen LogP) is 3.34. The molecular weight excluding hydrogens is 304 g/mol. The summed E-state index contributed by atoms with van der Waals surface area (Å²) in [7, 11) is 0. The number of benzene rings is 2. The topological polar surface area (TPSA) is 66.5 Å². The lowest BCUT2D eigenvalue weighted by atomic mass is 10.1. The first kappa shape index (κ1) is 15.9. The Balaban J connectivity index is 1.83. The lowest BCUT2D eigenvalue weighted by molar-refractivity contribution is 0.0652. The number of carbonyl (C=O) groups excluding carboxylic acids is 3. The van der Waals surface area contributed by atoms with Crippen molar-refractivity contribution in [3.05, 3.63) is 65.2 Å². The molecule has 0 saturated heterocycles. The molecule has 2 aromatic carbocycles. The van der Waals surface area contributed by atoms with Crippen LogP contribution in [-0.4, -0.2) is 29.2 Å². The Labute approximate surface area is 140 Å². The molecule has 0 atom stereocenters. The van der Waals surface area contributed by atoms with Crippen molar-refractivity contribution in [3.63, 3.8) is 0 Å². The molecule has 0 bridgehead atoms. The fourth-order valence-corrected chi connectivity index (χ4v) is 2.68. The van der Waals surface area contributed by atoms with Crippen molar-refractivity contribution in [1.82, 2.24) is 4.90 Å². The molecule has 24 heavy (non-hydrogen) atoms. The van der Waals surface area contributed by atoms with Crippen LogP contribution in [-0.2, 0) is 0 Å². The summed E-state index contributed by atoms with van der Waals surface area (Å²) in [6, 6.07) is 13.7. The van der Waals surface area contributed by atoms with E-state index in [2.05, 4.69) is 5.32 Å². The summed E-state index contributed by atoms with van der Waals surface area (Å²) < 4.78 is 0. The molecular formula is C19H18N2O3. The minimum absolute atomic E-state index is 0.279. The molecule has 3 rings (SSSR count). The van der Waals surface area contributed by atoms with Crippen LogP contribution in [0, 0.1) is 0 Å². The van der Waals surface area contributed by atoms with E-state index in [1.807, 2.05) is 25.1 Å². The minimum Gasteiger partial charge on any atom is -0.322 e. The highest BCUT2D eigenvalue weighted by Gasteiger charge is 2.35. The van der Waals surface area contributed by atoms with Gasteiger partial charge in [0, 0.05) is 17.8 Å². The number of nitrogens with one attached hydrogen (secondary N) is 1. The Morgan fingerprint density at radius 2 is 1.71 bits per heavy atom. The van der Waals surface area contributed by atoms with E-state index in [9.17, 15) is 14.4 Å². The number of anilines is 1. The SMILES string of the molecule is CCCCN1C(=O)c2ccc(C(=O)Nc3ccccc3)cc2C1=O. The number of para-hydroxylation sites is 1. The van der Waals surface area contributed by atoms with Gasteiger partial charge in [-0.25, -0.2) is 0 Å². The summed E-state index contributed by atoms with van der Waals surface area (Å²) >= 11 is 0. The zero-order valence-electron chi connectivity index (χ0n) is 13.4. The van der Waals surface area contributed by atoms with Gasteiger partial charge in [-0.1, -0.05) is 31.5 Å². The lowest BCUT2D eigenvalue weighted by Gasteiger charge is -2.12. The Morgan fingerprint density at radius 1 is 1.00 bits per heavy atom. The van der Waals surface area contributed by atoms with Crippen LogP contribution < -0.4 is 5.32 Å². The Bertz CT molecular complexity index is 800. The summed E-state index contributed by atoms with van der Waals surface area (Å²) in [5, 5.41) is 2.77. The van der Waals surface area contributed by atoms with Crippen LogP contribution in [0.1, 0.15) is 50.8 Å². The number of nitrogens with zero attached hydrogens (tertiary/aromatic N) is 1. The molecule has 1 aliphatic rings. The molecule has 5 nitrogen and oxygen atoms in total. The molecule has 0 aromatic heterocycles. The number of rotatable bonds is 5. The highest BCUT2D eigenvalue weighted by atomic mass is 16.2. The average molecular weight is 322 g/mol. The smallest absolute Gasteiger partial charge is 0.261 e. The number of hydrogen-bond acceptors (Lipinski definition) is 3. The van der Waals surface area contributed by atoms with Gasteiger partial charge in [-0.3, -0.25) is 19.3 Å². The van der Waals surface area contributed by atoms with Gasteiger partial charge < -0.3 is 5.32 Å². The quantitative estimate of drug-likeness (QED) is 0.859. The standard InChI is InChI=1S/C19H18N2O3/c1-2-3-11-21-18(23)15-10-9-13(12-16(15)19(21)24)17(22)20-14-7-5-4-6-8-14/h4-10,12H,2-3,11H2,1H3,(H,20,22). The number of fused-ring (bicyclic) bond motifs is 1. The third kappa shape index (κ3) is 2.93. The number of hydrogen-bond donors (Lipinski definition) is 1. The van der Waals surface area contributed by atoms with Crippen LogP contribution in [0.25, 0.3) is 0 Å². The van der Waals surface area contributed by atoms with Crippen molar-refractivity contribution in [3.8, 4) is 0 Å². The van der Waals surface area contributed by atoms with E-state index in [0.717, 1.165) is 12.8 Å². The molecule has 0 saturated carbocycles. The molecule has 1 N–H and O–H groups in total. The second kappa shape index (κ2) is 6.66. The van der Waals surface area contributed by atoms with E-state index in [4.69, 9.17) is 0 Å². The van der Waals surface area contributed by atoms with Gasteiger partial charge in [0.15, 0.2) is 0 Å². The van der Waals surface area contributed by atoms with Gasteiger partial charge in [0.1, 0.15) is 0 Å². The normalized spacial score (nSPS) is 13.1. The molecule has 0 spiro atoms. The number of imide groups is 1. The molecule has 1 aliphatic heterocycles. The van der Waals surface area contributed by atoms with E-state index in [-0.39, 0.29) is 17.7 Å². The molecule has 2 aromatic rings. The summed E-state index contributed by atoms with van der Waals surface area (Å²) in [5.41, 5.74) is 1.70. The number of unbranched alkanes of at least 4 members (excludes halogenated alkanes) is 1. The summed E-state index contributed by atoms with van der Waals surface area (Å²) in [6.45, 7) is 2.42. The van der Waals surface area contributed by atoms with Crippen LogP contribution in [0.3, 0.4) is 0 Å². The molecule has 0 aliphatic carbocycles. The Morgan fingerprint density at radius 3 is 2.42 bits per heavy atom. The molecule has 1 heterocycles. The van der Waals surface area contributed by atoms with Gasteiger partial charge in [-0.05, 0) is 36.8 Å². The van der Waals surface area contributed by atoms with Crippen LogP contribution in [0.15, 0.2) is 48.5 Å². The van der Waals surface area contributed by atoms with Crippen molar-refractivity contribution in [2.24, 2.45) is 0 Å². The van der Waals surface area contributed by atoms with Gasteiger partial charge in [0.05, 0.1) is 11.1 Å². The van der Waals surface area contributed by atoms with Gasteiger partial charge in [0.2, 0.25) is 0 Å². The van der Waals surface area contributed by atoms with Gasteiger partial charge in [-0.2, -0.15) is 0 Å². The zero-order valence-corrected chi connectivity index (χ0v) is 13.4. The van der Waals surface area contributed by atoms with Gasteiger partial charge in [0.25, 0.3) is 17.7 Å². The van der Waals surface area contributed by atoms with Crippen LogP contribution >= 0.6 is 0 Å². The van der Waals surface area contributed by atoms with E-state index in [1.165, 1.54) is 11.0 Å². The van der Waals surface area contributed by atoms with Gasteiger partial charge in [-0.15, -0.1) is 0 Å². The second-order valence-electron chi connectivity index (χ2n) is 5.70. The molecule has 0 radical (unpaired) electrons. The fraction of sp³-hybridized carbons (Fsp3) is 0.211. The predicted molar refractivity (Wildman–Crippen MR) is 91.1 cm³/mol. The van der Waals surface area contributed by atoms with E-state index < -0.39 is 0 Å². The average Bonchev–Trinajstić information content (AvgIpc) is 2.84. The first-order valence-corrected chi connectivity index (χ1v) is 7.98. The van der Waals surface area contributed by atoms with Crippen molar-refractivity contribution in [1.29, 1.82) is 0 Å². The van der Waals surface area contributed by atoms with Crippen molar-refractivity contribution in [2.45, 2.75) is 19.8 Å². The molecule has 122 valence electrons.